The molecule has 0 atom stereocenters. The van der Waals surface area contributed by atoms with E-state index in [2.05, 4.69) is 0 Å². The minimum atomic E-state index is -0.740. The third-order valence-electron chi connectivity index (χ3n) is 2.41. The van der Waals surface area contributed by atoms with Gasteiger partial charge in [-0.3, -0.25) is 0 Å². The van der Waals surface area contributed by atoms with Crippen molar-refractivity contribution >= 4 is 5.97 Å². The van der Waals surface area contributed by atoms with Crippen LogP contribution in [0.2, 0.25) is 0 Å². The second kappa shape index (κ2) is 6.27. The average Bonchev–Trinajstić information content (AvgIpc) is 2.47. The van der Waals surface area contributed by atoms with E-state index in [-0.39, 0.29) is 0 Å². The van der Waals surface area contributed by atoms with Gasteiger partial charge in [0, 0.05) is 5.92 Å². The molecule has 2 rings (SSSR count). The van der Waals surface area contributed by atoms with Crippen LogP contribution < -0.4 is 9.47 Å². The Morgan fingerprint density at radius 1 is 1.00 bits per heavy atom. The molecule has 0 radical (unpaired) electrons. The monoisotopic (exact) mass is 252 g/mol. The number of para-hydroxylation sites is 2. The number of benzene rings is 2. The fourth-order valence-electron chi connectivity index (χ4n) is 1.52. The summed E-state index contributed by atoms with van der Waals surface area (Å²) in [5.41, 5.74) is 1.03. The van der Waals surface area contributed by atoms with Gasteiger partial charge in [-0.05, 0) is 17.7 Å². The van der Waals surface area contributed by atoms with Crippen LogP contribution >= 0.6 is 0 Å². The number of hydrogen-bond acceptors (Lipinski definition) is 3. The van der Waals surface area contributed by atoms with Gasteiger partial charge in [0.15, 0.2) is 11.5 Å². The van der Waals surface area contributed by atoms with Gasteiger partial charge in [-0.2, -0.15) is 0 Å². The highest BCUT2D eigenvalue weighted by Gasteiger charge is 2.07. The lowest BCUT2D eigenvalue weighted by Gasteiger charge is -2.10. The topological polar surface area (TPSA) is 35.5 Å². The Hall–Kier alpha value is -2.73. The maximum atomic E-state index is 11.1. The van der Waals surface area contributed by atoms with E-state index in [4.69, 9.17) is 15.9 Å². The standard InChI is InChI=1S/C16H12O3/c1-2-16(17)19-15-11-7-6-10-14(15)18-12-13-8-4-3-5-9-13/h1,3-11H,12H2. The highest BCUT2D eigenvalue weighted by Crippen LogP contribution is 2.27. The number of terminal acetylenes is 1. The molecule has 0 fully saturated rings. The van der Waals surface area contributed by atoms with Crippen molar-refractivity contribution in [3.05, 3.63) is 60.2 Å². The van der Waals surface area contributed by atoms with Gasteiger partial charge in [0.05, 0.1) is 0 Å². The van der Waals surface area contributed by atoms with Gasteiger partial charge in [0.2, 0.25) is 0 Å². The van der Waals surface area contributed by atoms with E-state index in [9.17, 15) is 4.79 Å². The molecular weight excluding hydrogens is 240 g/mol. The molecule has 0 heterocycles. The maximum Gasteiger partial charge on any atom is 0.389 e. The molecule has 0 amide bonds. The predicted molar refractivity (Wildman–Crippen MR) is 71.7 cm³/mol. The van der Waals surface area contributed by atoms with Crippen LogP contribution in [0.15, 0.2) is 54.6 Å². The van der Waals surface area contributed by atoms with Crippen molar-refractivity contribution in [3.8, 4) is 23.8 Å². The first kappa shape index (κ1) is 12.7. The van der Waals surface area contributed by atoms with Crippen molar-refractivity contribution in [1.29, 1.82) is 0 Å². The van der Waals surface area contributed by atoms with Crippen molar-refractivity contribution < 1.29 is 14.3 Å². The van der Waals surface area contributed by atoms with Crippen molar-refractivity contribution in [3.63, 3.8) is 0 Å². The number of rotatable bonds is 4. The number of ether oxygens (including phenoxy) is 2. The molecule has 0 aromatic heterocycles. The van der Waals surface area contributed by atoms with Crippen LogP contribution in [0.5, 0.6) is 11.5 Å². The summed E-state index contributed by atoms with van der Waals surface area (Å²) in [7, 11) is 0. The second-order valence-corrected chi connectivity index (χ2v) is 3.75. The molecule has 3 nitrogen and oxygen atoms in total. The number of carbonyl (C=O) groups excluding carboxylic acids is 1. The number of esters is 1. The molecule has 0 aliphatic rings. The van der Waals surface area contributed by atoms with Crippen molar-refractivity contribution in [1.82, 2.24) is 0 Å². The fourth-order valence-corrected chi connectivity index (χ4v) is 1.52. The van der Waals surface area contributed by atoms with Crippen molar-refractivity contribution in [2.45, 2.75) is 6.61 Å². The van der Waals surface area contributed by atoms with Gasteiger partial charge in [-0.25, -0.2) is 4.79 Å². The Labute approximate surface area is 111 Å². The first-order valence-corrected chi connectivity index (χ1v) is 5.74. The van der Waals surface area contributed by atoms with Gasteiger partial charge in [-0.15, -0.1) is 6.42 Å². The Morgan fingerprint density at radius 3 is 2.32 bits per heavy atom. The van der Waals surface area contributed by atoms with Gasteiger partial charge in [-0.1, -0.05) is 42.5 Å². The van der Waals surface area contributed by atoms with Crippen LogP contribution in [0.4, 0.5) is 0 Å². The summed E-state index contributed by atoms with van der Waals surface area (Å²) >= 11 is 0. The summed E-state index contributed by atoms with van der Waals surface area (Å²) in [5.74, 6) is 1.96. The largest absolute Gasteiger partial charge is 0.485 e. The number of carbonyl (C=O) groups is 1. The van der Waals surface area contributed by atoms with E-state index >= 15 is 0 Å². The summed E-state index contributed by atoms with van der Waals surface area (Å²) in [6, 6.07) is 16.6. The lowest BCUT2D eigenvalue weighted by Crippen LogP contribution is -2.06. The van der Waals surface area contributed by atoms with Gasteiger partial charge in [0.25, 0.3) is 0 Å². The first-order valence-electron chi connectivity index (χ1n) is 5.74. The second-order valence-electron chi connectivity index (χ2n) is 3.75. The van der Waals surface area contributed by atoms with E-state index < -0.39 is 5.97 Å². The SMILES string of the molecule is C#CC(=O)Oc1ccccc1OCc1ccccc1. The van der Waals surface area contributed by atoms with Crippen LogP contribution in [0.1, 0.15) is 5.56 Å². The van der Waals surface area contributed by atoms with Crippen molar-refractivity contribution in [2.24, 2.45) is 0 Å². The zero-order valence-corrected chi connectivity index (χ0v) is 10.2. The van der Waals surface area contributed by atoms with Gasteiger partial charge in [0.1, 0.15) is 6.61 Å². The van der Waals surface area contributed by atoms with Crippen LogP contribution in [-0.2, 0) is 11.4 Å². The molecule has 3 heteroatoms. The van der Waals surface area contributed by atoms with Gasteiger partial charge < -0.3 is 9.47 Å². The summed E-state index contributed by atoms with van der Waals surface area (Å²) in [6.45, 7) is 0.394. The molecule has 0 saturated carbocycles. The molecule has 0 bridgehead atoms. The molecule has 19 heavy (non-hydrogen) atoms. The Kier molecular flexibility index (Phi) is 4.20. The molecular formula is C16H12O3. The van der Waals surface area contributed by atoms with Gasteiger partial charge >= 0.3 is 5.97 Å². The minimum absolute atomic E-state index is 0.321. The van der Waals surface area contributed by atoms with Crippen LogP contribution in [-0.4, -0.2) is 5.97 Å². The van der Waals surface area contributed by atoms with Crippen LogP contribution in [0.3, 0.4) is 0 Å². The fraction of sp³-hybridized carbons (Fsp3) is 0.0625. The first-order chi connectivity index (χ1) is 9.29. The lowest BCUT2D eigenvalue weighted by molar-refractivity contribution is -0.128. The average molecular weight is 252 g/mol. The van der Waals surface area contributed by atoms with Crippen molar-refractivity contribution in [2.75, 3.05) is 0 Å². The zero-order valence-electron chi connectivity index (χ0n) is 10.2. The quantitative estimate of drug-likeness (QED) is 0.363. The maximum absolute atomic E-state index is 11.1. The van der Waals surface area contributed by atoms with E-state index in [1.54, 1.807) is 24.3 Å². The Morgan fingerprint density at radius 2 is 1.63 bits per heavy atom. The molecule has 0 N–H and O–H groups in total. The van der Waals surface area contributed by atoms with E-state index in [1.807, 2.05) is 36.3 Å². The number of hydrogen-bond donors (Lipinski definition) is 0. The third kappa shape index (κ3) is 3.62. The summed E-state index contributed by atoms with van der Waals surface area (Å²) in [5, 5.41) is 0. The molecule has 0 unspecified atom stereocenters. The molecule has 0 aliphatic heterocycles. The minimum Gasteiger partial charge on any atom is -0.485 e. The van der Waals surface area contributed by atoms with Crippen LogP contribution in [0, 0.1) is 12.3 Å². The van der Waals surface area contributed by atoms with E-state index in [0.717, 1.165) is 5.56 Å². The molecule has 0 aliphatic carbocycles. The molecule has 2 aromatic carbocycles. The summed E-state index contributed by atoms with van der Waals surface area (Å²) in [6.07, 6.45) is 4.97. The predicted octanol–water partition coefficient (Wildman–Crippen LogP) is 2.80. The smallest absolute Gasteiger partial charge is 0.389 e. The zero-order chi connectivity index (χ0) is 13.5. The van der Waals surface area contributed by atoms with Crippen LogP contribution in [0.25, 0.3) is 0 Å². The molecule has 94 valence electrons. The van der Waals surface area contributed by atoms with E-state index in [1.165, 1.54) is 0 Å². The molecule has 0 saturated heterocycles. The third-order valence-corrected chi connectivity index (χ3v) is 2.41. The Balaban J connectivity index is 2.08. The lowest BCUT2D eigenvalue weighted by atomic mass is 10.2. The molecule has 0 spiro atoms. The normalized spacial score (nSPS) is 9.42. The highest BCUT2D eigenvalue weighted by molar-refractivity contribution is 5.89. The molecule has 2 aromatic rings. The highest BCUT2D eigenvalue weighted by atomic mass is 16.6. The summed E-state index contributed by atoms with van der Waals surface area (Å²) in [4.78, 5) is 11.1. The Bertz CT molecular complexity index is 597. The summed E-state index contributed by atoms with van der Waals surface area (Å²) < 4.78 is 10.6. The van der Waals surface area contributed by atoms with E-state index in [0.29, 0.717) is 18.1 Å².